The van der Waals surface area contributed by atoms with Crippen LogP contribution in [0.25, 0.3) is 0 Å². The monoisotopic (exact) mass is 220 g/mol. The number of benzene rings is 1. The fourth-order valence-corrected chi connectivity index (χ4v) is 2.31. The summed E-state index contributed by atoms with van der Waals surface area (Å²) in [4.78, 5) is 0. The number of hydrogen-bond acceptors (Lipinski definition) is 3. The first kappa shape index (κ1) is 11.3. The zero-order valence-electron chi connectivity index (χ0n) is 10.0. The van der Waals surface area contributed by atoms with Crippen molar-refractivity contribution in [2.24, 2.45) is 0 Å². The minimum absolute atomic E-state index is 0.603. The summed E-state index contributed by atoms with van der Waals surface area (Å²) in [5.41, 5.74) is 2.56. The van der Waals surface area contributed by atoms with Crippen LogP contribution in [0.4, 0.5) is 5.69 Å². The Bertz CT molecular complexity index is 352. The van der Waals surface area contributed by atoms with Crippen molar-refractivity contribution in [2.75, 3.05) is 32.1 Å². The molecule has 3 heteroatoms. The van der Waals surface area contributed by atoms with Gasteiger partial charge in [0.2, 0.25) is 0 Å². The predicted octanol–water partition coefficient (Wildman–Crippen LogP) is 2.20. The van der Waals surface area contributed by atoms with E-state index < -0.39 is 0 Å². The average molecular weight is 220 g/mol. The third-order valence-electron chi connectivity index (χ3n) is 3.15. The maximum absolute atomic E-state index is 5.38. The van der Waals surface area contributed by atoms with Gasteiger partial charge in [-0.2, -0.15) is 0 Å². The quantitative estimate of drug-likeness (QED) is 0.816. The number of methoxy groups -OCH3 is 1. The minimum atomic E-state index is 0.603. The molecule has 2 rings (SSSR count). The van der Waals surface area contributed by atoms with Gasteiger partial charge in [0, 0.05) is 19.0 Å². The molecule has 16 heavy (non-hydrogen) atoms. The van der Waals surface area contributed by atoms with Gasteiger partial charge in [-0.25, -0.2) is 0 Å². The van der Waals surface area contributed by atoms with Crippen molar-refractivity contribution in [1.82, 2.24) is 5.32 Å². The zero-order chi connectivity index (χ0) is 11.4. The molecule has 2 N–H and O–H groups in total. The van der Waals surface area contributed by atoms with Gasteiger partial charge in [-0.1, -0.05) is 19.1 Å². The topological polar surface area (TPSA) is 33.3 Å². The van der Waals surface area contributed by atoms with Crippen molar-refractivity contribution < 1.29 is 4.74 Å². The summed E-state index contributed by atoms with van der Waals surface area (Å²) in [7, 11) is 1.73. The largest absolute Gasteiger partial charge is 0.495 e. The van der Waals surface area contributed by atoms with Crippen LogP contribution in [0, 0.1) is 0 Å². The van der Waals surface area contributed by atoms with Crippen molar-refractivity contribution in [2.45, 2.75) is 19.3 Å². The second kappa shape index (κ2) is 5.21. The SMILES string of the molecule is CCNCC1CCNc2c(OC)cccc21. The van der Waals surface area contributed by atoms with Crippen molar-refractivity contribution in [1.29, 1.82) is 0 Å². The van der Waals surface area contributed by atoms with Gasteiger partial charge in [0.15, 0.2) is 0 Å². The van der Waals surface area contributed by atoms with Crippen molar-refractivity contribution in [3.05, 3.63) is 23.8 Å². The van der Waals surface area contributed by atoms with E-state index in [2.05, 4.69) is 29.7 Å². The van der Waals surface area contributed by atoms with E-state index >= 15 is 0 Å². The number of rotatable bonds is 4. The molecule has 3 nitrogen and oxygen atoms in total. The third kappa shape index (κ3) is 2.14. The maximum Gasteiger partial charge on any atom is 0.142 e. The molecule has 1 unspecified atom stereocenters. The zero-order valence-corrected chi connectivity index (χ0v) is 10.0. The number of anilines is 1. The second-order valence-electron chi connectivity index (χ2n) is 4.14. The highest BCUT2D eigenvalue weighted by molar-refractivity contribution is 5.64. The van der Waals surface area contributed by atoms with Crippen LogP contribution in [0.15, 0.2) is 18.2 Å². The molecule has 1 atom stereocenters. The number of fused-ring (bicyclic) bond motifs is 1. The molecule has 0 aromatic heterocycles. The second-order valence-corrected chi connectivity index (χ2v) is 4.14. The first-order chi connectivity index (χ1) is 7.86. The third-order valence-corrected chi connectivity index (χ3v) is 3.15. The lowest BCUT2D eigenvalue weighted by Gasteiger charge is -2.28. The molecule has 0 amide bonds. The van der Waals surface area contributed by atoms with Crippen LogP contribution >= 0.6 is 0 Å². The Balaban J connectivity index is 2.24. The predicted molar refractivity (Wildman–Crippen MR) is 67.4 cm³/mol. The highest BCUT2D eigenvalue weighted by Crippen LogP contribution is 2.37. The lowest BCUT2D eigenvalue weighted by atomic mass is 9.90. The van der Waals surface area contributed by atoms with Gasteiger partial charge in [0.25, 0.3) is 0 Å². The summed E-state index contributed by atoms with van der Waals surface area (Å²) in [6.07, 6.45) is 1.19. The van der Waals surface area contributed by atoms with E-state index in [9.17, 15) is 0 Å². The molecule has 0 saturated carbocycles. The molecule has 0 radical (unpaired) electrons. The summed E-state index contributed by atoms with van der Waals surface area (Å²) in [5, 5.41) is 6.86. The molecule has 1 aliphatic rings. The van der Waals surface area contributed by atoms with Crippen LogP contribution in [0.3, 0.4) is 0 Å². The van der Waals surface area contributed by atoms with Gasteiger partial charge in [0.05, 0.1) is 12.8 Å². The lowest BCUT2D eigenvalue weighted by Crippen LogP contribution is -2.26. The minimum Gasteiger partial charge on any atom is -0.495 e. The Labute approximate surface area is 97.2 Å². The highest BCUT2D eigenvalue weighted by Gasteiger charge is 2.21. The van der Waals surface area contributed by atoms with Crippen LogP contribution in [0.5, 0.6) is 5.75 Å². The molecular weight excluding hydrogens is 200 g/mol. The molecule has 0 aliphatic carbocycles. The summed E-state index contributed by atoms with van der Waals surface area (Å²) in [6.45, 7) is 5.26. The molecule has 1 aliphatic heterocycles. The molecule has 0 bridgehead atoms. The lowest BCUT2D eigenvalue weighted by molar-refractivity contribution is 0.414. The molecule has 1 heterocycles. The smallest absolute Gasteiger partial charge is 0.142 e. The number of likely N-dealkylation sites (N-methyl/N-ethyl adjacent to an activating group) is 1. The Kier molecular flexibility index (Phi) is 3.67. The van der Waals surface area contributed by atoms with Crippen LogP contribution in [-0.4, -0.2) is 26.7 Å². The summed E-state index contributed by atoms with van der Waals surface area (Å²) in [6, 6.07) is 6.29. The van der Waals surface area contributed by atoms with Crippen molar-refractivity contribution in [3.63, 3.8) is 0 Å². The molecule has 0 saturated heterocycles. The summed E-state index contributed by atoms with van der Waals surface area (Å²) >= 11 is 0. The van der Waals surface area contributed by atoms with E-state index in [1.54, 1.807) is 7.11 Å². The van der Waals surface area contributed by atoms with Gasteiger partial charge >= 0.3 is 0 Å². The van der Waals surface area contributed by atoms with Crippen LogP contribution in [0.2, 0.25) is 0 Å². The Morgan fingerprint density at radius 3 is 3.12 bits per heavy atom. The van der Waals surface area contributed by atoms with Gasteiger partial charge in [-0.05, 0) is 24.6 Å². The van der Waals surface area contributed by atoms with Crippen LogP contribution in [-0.2, 0) is 0 Å². The van der Waals surface area contributed by atoms with Crippen molar-refractivity contribution >= 4 is 5.69 Å². The van der Waals surface area contributed by atoms with Crippen LogP contribution in [0.1, 0.15) is 24.8 Å². The van der Waals surface area contributed by atoms with E-state index in [0.717, 1.165) is 25.4 Å². The fraction of sp³-hybridized carbons (Fsp3) is 0.538. The number of nitrogens with one attached hydrogen (secondary N) is 2. The van der Waals surface area contributed by atoms with Crippen LogP contribution < -0.4 is 15.4 Å². The standard InChI is InChI=1S/C13H20N2O/c1-3-14-9-10-7-8-15-13-11(10)5-4-6-12(13)16-2/h4-6,10,14-15H,3,7-9H2,1-2H3. The van der Waals surface area contributed by atoms with Gasteiger partial charge < -0.3 is 15.4 Å². The summed E-state index contributed by atoms with van der Waals surface area (Å²) in [5.74, 6) is 1.56. The van der Waals surface area contributed by atoms with E-state index in [1.807, 2.05) is 6.07 Å². The molecule has 0 fully saturated rings. The number of para-hydroxylation sites is 1. The fourth-order valence-electron chi connectivity index (χ4n) is 2.31. The number of ether oxygens (including phenoxy) is 1. The van der Waals surface area contributed by atoms with Gasteiger partial charge in [0.1, 0.15) is 5.75 Å². The van der Waals surface area contributed by atoms with E-state index in [-0.39, 0.29) is 0 Å². The Hall–Kier alpha value is -1.22. The Morgan fingerprint density at radius 1 is 1.50 bits per heavy atom. The number of hydrogen-bond donors (Lipinski definition) is 2. The van der Waals surface area contributed by atoms with Gasteiger partial charge in [-0.3, -0.25) is 0 Å². The molecule has 1 aromatic carbocycles. The first-order valence-corrected chi connectivity index (χ1v) is 5.98. The van der Waals surface area contributed by atoms with E-state index in [1.165, 1.54) is 17.7 Å². The first-order valence-electron chi connectivity index (χ1n) is 5.98. The van der Waals surface area contributed by atoms with E-state index in [0.29, 0.717) is 5.92 Å². The Morgan fingerprint density at radius 2 is 2.38 bits per heavy atom. The molecule has 0 spiro atoms. The highest BCUT2D eigenvalue weighted by atomic mass is 16.5. The molecular formula is C13H20N2O. The van der Waals surface area contributed by atoms with E-state index in [4.69, 9.17) is 4.74 Å². The normalized spacial score (nSPS) is 18.8. The van der Waals surface area contributed by atoms with Gasteiger partial charge in [-0.15, -0.1) is 0 Å². The maximum atomic E-state index is 5.38. The van der Waals surface area contributed by atoms with Crippen molar-refractivity contribution in [3.8, 4) is 5.75 Å². The summed E-state index contributed by atoms with van der Waals surface area (Å²) < 4.78 is 5.38. The molecule has 1 aromatic rings. The molecule has 88 valence electrons. The average Bonchev–Trinajstić information content (AvgIpc) is 2.35.